The Morgan fingerprint density at radius 2 is 1.79 bits per heavy atom. The maximum absolute atomic E-state index is 15.6. The van der Waals surface area contributed by atoms with Crippen LogP contribution in [0.5, 0.6) is 0 Å². The molecule has 0 unspecified atom stereocenters. The molecule has 9 nitrogen and oxygen atoms in total. The number of benzene rings is 2. The number of anilines is 2. The Bertz CT molecular complexity index is 1920. The third-order valence-corrected chi connectivity index (χ3v) is 7.75. The summed E-state index contributed by atoms with van der Waals surface area (Å²) in [6, 6.07) is 16.6. The van der Waals surface area contributed by atoms with Crippen molar-refractivity contribution in [1.29, 1.82) is 5.26 Å². The lowest BCUT2D eigenvalue weighted by atomic mass is 9.81. The maximum Gasteiger partial charge on any atom is 0.267 e. The fourth-order valence-corrected chi connectivity index (χ4v) is 5.59. The summed E-state index contributed by atoms with van der Waals surface area (Å²) >= 11 is 0. The first-order chi connectivity index (χ1) is 20.3. The topological polar surface area (TPSA) is 131 Å². The minimum Gasteiger partial charge on any atom is -0.382 e. The Hall–Kier alpha value is -5.37. The Kier molecular flexibility index (Phi) is 6.96. The fraction of sp³-hybridized carbons (Fsp3) is 0.194. The summed E-state index contributed by atoms with van der Waals surface area (Å²) in [5.74, 6) is -1.40. The van der Waals surface area contributed by atoms with Gasteiger partial charge in [-0.3, -0.25) is 14.2 Å². The van der Waals surface area contributed by atoms with Crippen LogP contribution in [-0.2, 0) is 0 Å². The molecule has 3 aromatic heterocycles. The third kappa shape index (κ3) is 4.88. The summed E-state index contributed by atoms with van der Waals surface area (Å²) in [5, 5.41) is 16.3. The van der Waals surface area contributed by atoms with Gasteiger partial charge in [-0.05, 0) is 86.3 Å². The Balaban J connectivity index is 1.30. The van der Waals surface area contributed by atoms with E-state index >= 15 is 4.39 Å². The number of hydrogen-bond donors (Lipinski definition) is 2. The molecular formula is C31H25F2N7O2. The largest absolute Gasteiger partial charge is 0.382 e. The van der Waals surface area contributed by atoms with Crippen molar-refractivity contribution in [1.82, 2.24) is 19.2 Å². The number of aromatic nitrogens is 4. The van der Waals surface area contributed by atoms with Gasteiger partial charge in [0.05, 0.1) is 6.07 Å². The van der Waals surface area contributed by atoms with E-state index < -0.39 is 23.1 Å². The number of nitriles is 1. The normalized spacial score (nSPS) is 16.7. The molecule has 0 spiro atoms. The second kappa shape index (κ2) is 10.9. The molecule has 1 saturated carbocycles. The van der Waals surface area contributed by atoms with Crippen molar-refractivity contribution in [3.8, 4) is 22.9 Å². The van der Waals surface area contributed by atoms with E-state index in [-0.39, 0.29) is 34.5 Å². The molecule has 3 heterocycles. The number of amides is 1. The van der Waals surface area contributed by atoms with Gasteiger partial charge in [-0.2, -0.15) is 10.4 Å². The summed E-state index contributed by atoms with van der Waals surface area (Å²) in [7, 11) is 0. The van der Waals surface area contributed by atoms with Gasteiger partial charge >= 0.3 is 0 Å². The van der Waals surface area contributed by atoms with Crippen LogP contribution in [0.15, 0.2) is 78.0 Å². The summed E-state index contributed by atoms with van der Waals surface area (Å²) in [6.45, 7) is 0. The van der Waals surface area contributed by atoms with Gasteiger partial charge in [-0.1, -0.05) is 0 Å². The Labute approximate surface area is 238 Å². The SMILES string of the molecule is N#C[C@H]1CC[C@H](c2cc(-c3ccc(NC(=O)c4cccn(-c5ccc(F)cc5)c4=O)cc3F)c3c(N)ncnn32)CC1. The second-order valence-corrected chi connectivity index (χ2v) is 10.3. The van der Waals surface area contributed by atoms with Gasteiger partial charge in [0.1, 0.15) is 29.0 Å². The maximum atomic E-state index is 15.6. The van der Waals surface area contributed by atoms with Crippen molar-refractivity contribution < 1.29 is 13.6 Å². The van der Waals surface area contributed by atoms with Gasteiger partial charge in [0, 0.05) is 46.2 Å². The molecule has 42 heavy (non-hydrogen) atoms. The van der Waals surface area contributed by atoms with E-state index in [1.807, 2.05) is 6.07 Å². The smallest absolute Gasteiger partial charge is 0.267 e. The van der Waals surface area contributed by atoms with Crippen molar-refractivity contribution in [2.75, 3.05) is 11.1 Å². The first kappa shape index (κ1) is 26.8. The number of nitrogens with zero attached hydrogens (tertiary/aromatic N) is 5. The molecule has 1 aliphatic rings. The summed E-state index contributed by atoms with van der Waals surface area (Å²) in [5.41, 5.74) is 8.14. The number of rotatable bonds is 5. The predicted octanol–water partition coefficient (Wildman–Crippen LogP) is 5.46. The highest BCUT2D eigenvalue weighted by molar-refractivity contribution is 6.04. The lowest BCUT2D eigenvalue weighted by Gasteiger charge is -2.24. The van der Waals surface area contributed by atoms with Crippen molar-refractivity contribution in [2.45, 2.75) is 31.6 Å². The molecule has 0 aliphatic heterocycles. The van der Waals surface area contributed by atoms with E-state index in [2.05, 4.69) is 21.5 Å². The summed E-state index contributed by atoms with van der Waals surface area (Å²) < 4.78 is 31.9. The molecule has 0 saturated heterocycles. The molecule has 0 bridgehead atoms. The standard InChI is InChI=1S/C31H25F2N7O2/c32-20-7-10-22(11-8-20)39-13-1-2-24(31(39)42)30(41)38-21-9-12-23(26(33)14-21)25-15-27(19-5-3-18(16-34)4-6-19)40-28(25)29(35)36-17-37-40/h1-2,7-15,17-19H,3-6H2,(H,38,41)(H2,35,36,37)/t18-,19-. The van der Waals surface area contributed by atoms with Crippen molar-refractivity contribution in [3.63, 3.8) is 0 Å². The van der Waals surface area contributed by atoms with Gasteiger partial charge in [0.2, 0.25) is 0 Å². The van der Waals surface area contributed by atoms with Crippen molar-refractivity contribution in [2.24, 2.45) is 5.92 Å². The molecule has 1 amide bonds. The first-order valence-corrected chi connectivity index (χ1v) is 13.4. The van der Waals surface area contributed by atoms with Crippen LogP contribution in [0.2, 0.25) is 0 Å². The van der Waals surface area contributed by atoms with Gasteiger partial charge in [0.25, 0.3) is 11.5 Å². The average Bonchev–Trinajstić information content (AvgIpc) is 3.38. The number of carbonyl (C=O) groups is 1. The molecule has 6 rings (SSSR count). The van der Waals surface area contributed by atoms with Gasteiger partial charge in [0.15, 0.2) is 5.82 Å². The number of nitrogens with two attached hydrogens (primary N) is 1. The molecule has 5 aromatic rings. The average molecular weight is 566 g/mol. The quantitative estimate of drug-likeness (QED) is 0.291. The number of fused-ring (bicyclic) bond motifs is 1. The number of nitrogen functional groups attached to an aromatic ring is 1. The van der Waals surface area contributed by atoms with E-state index in [0.717, 1.165) is 31.4 Å². The van der Waals surface area contributed by atoms with Gasteiger partial charge < -0.3 is 11.1 Å². The van der Waals surface area contributed by atoms with Crippen molar-refractivity contribution in [3.05, 3.63) is 106 Å². The molecule has 2 aromatic carbocycles. The zero-order chi connectivity index (χ0) is 29.4. The minimum absolute atomic E-state index is 0.0357. The van der Waals surface area contributed by atoms with Gasteiger partial charge in [-0.25, -0.2) is 18.3 Å². The fourth-order valence-electron chi connectivity index (χ4n) is 5.59. The zero-order valence-electron chi connectivity index (χ0n) is 22.3. The third-order valence-electron chi connectivity index (χ3n) is 7.75. The highest BCUT2D eigenvalue weighted by Crippen LogP contribution is 2.40. The Morgan fingerprint density at radius 1 is 1.02 bits per heavy atom. The number of carbonyl (C=O) groups excluding carboxylic acids is 1. The van der Waals surface area contributed by atoms with E-state index in [1.165, 1.54) is 65.6 Å². The van der Waals surface area contributed by atoms with Gasteiger partial charge in [-0.15, -0.1) is 0 Å². The lowest BCUT2D eigenvalue weighted by molar-refractivity contribution is 0.102. The van der Waals surface area contributed by atoms with E-state index in [4.69, 9.17) is 5.73 Å². The molecule has 3 N–H and O–H groups in total. The number of halogens is 2. The van der Waals surface area contributed by atoms with Crippen LogP contribution < -0.4 is 16.6 Å². The number of hydrogen-bond acceptors (Lipinski definition) is 6. The number of nitrogens with one attached hydrogen (secondary N) is 1. The molecule has 11 heteroatoms. The zero-order valence-corrected chi connectivity index (χ0v) is 22.3. The van der Waals surface area contributed by atoms with Crippen LogP contribution >= 0.6 is 0 Å². The van der Waals surface area contributed by atoms with Crippen LogP contribution in [0.4, 0.5) is 20.3 Å². The minimum atomic E-state index is -0.717. The van der Waals surface area contributed by atoms with Crippen molar-refractivity contribution >= 4 is 22.9 Å². The molecule has 1 fully saturated rings. The predicted molar refractivity (Wildman–Crippen MR) is 153 cm³/mol. The van der Waals surface area contributed by atoms with Crippen LogP contribution in [0.3, 0.4) is 0 Å². The van der Waals surface area contributed by atoms with E-state index in [1.54, 1.807) is 10.6 Å². The molecule has 0 atom stereocenters. The summed E-state index contributed by atoms with van der Waals surface area (Å²) in [4.78, 5) is 30.1. The van der Waals surface area contributed by atoms with E-state index in [0.29, 0.717) is 16.8 Å². The monoisotopic (exact) mass is 565 g/mol. The van der Waals surface area contributed by atoms with E-state index in [9.17, 15) is 19.2 Å². The number of pyridine rings is 1. The molecular weight excluding hydrogens is 540 g/mol. The highest BCUT2D eigenvalue weighted by atomic mass is 19.1. The van der Waals surface area contributed by atoms with Crippen LogP contribution in [0.25, 0.3) is 22.3 Å². The lowest BCUT2D eigenvalue weighted by Crippen LogP contribution is -2.27. The second-order valence-electron chi connectivity index (χ2n) is 10.3. The molecule has 0 radical (unpaired) electrons. The first-order valence-electron chi connectivity index (χ1n) is 13.4. The Morgan fingerprint density at radius 3 is 2.50 bits per heavy atom. The summed E-state index contributed by atoms with van der Waals surface area (Å²) in [6.07, 6.45) is 6.01. The van der Waals surface area contributed by atoms with Crippen LogP contribution in [0, 0.1) is 28.9 Å². The van der Waals surface area contributed by atoms with Crippen LogP contribution in [-0.4, -0.2) is 25.1 Å². The molecule has 1 aliphatic carbocycles. The van der Waals surface area contributed by atoms with Crippen LogP contribution in [0.1, 0.15) is 47.7 Å². The highest BCUT2D eigenvalue weighted by Gasteiger charge is 2.27. The molecule has 210 valence electrons.